The highest BCUT2D eigenvalue weighted by atomic mass is 35.5. The number of carbonyl (C=O) groups excluding carboxylic acids is 1. The van der Waals surface area contributed by atoms with Gasteiger partial charge in [0.1, 0.15) is 18.4 Å². The summed E-state index contributed by atoms with van der Waals surface area (Å²) in [4.78, 5) is 23.6. The number of nitrogens with one attached hydrogen (secondary N) is 1. The van der Waals surface area contributed by atoms with Gasteiger partial charge in [0.25, 0.3) is 0 Å². The zero-order valence-electron chi connectivity index (χ0n) is 13.4. The number of nitrogens with zero attached hydrogens (tertiary/aromatic N) is 3. The van der Waals surface area contributed by atoms with Crippen LogP contribution >= 0.6 is 23.2 Å². The lowest BCUT2D eigenvalue weighted by Crippen LogP contribution is -2.31. The smallest absolute Gasteiger partial charge is 0.220 e. The highest BCUT2D eigenvalue weighted by Gasteiger charge is 2.25. The largest absolute Gasteiger partial charge is 0.397 e. The molecule has 0 aliphatic rings. The molecule has 6 nitrogen and oxygen atoms in total. The Labute approximate surface area is 160 Å². The van der Waals surface area contributed by atoms with E-state index in [4.69, 9.17) is 28.0 Å². The molecule has 140 valence electrons. The summed E-state index contributed by atoms with van der Waals surface area (Å²) in [6.45, 7) is 0. The van der Waals surface area contributed by atoms with E-state index in [1.54, 1.807) is 0 Å². The Morgan fingerprint density at radius 2 is 2.00 bits per heavy atom. The first kappa shape index (κ1) is 19.0. The van der Waals surface area contributed by atoms with Crippen molar-refractivity contribution in [1.82, 2.24) is 9.97 Å². The van der Waals surface area contributed by atoms with Crippen LogP contribution in [-0.2, 0) is 9.63 Å². The monoisotopic (exact) mass is 416 g/mol. The van der Waals surface area contributed by atoms with Crippen molar-refractivity contribution in [2.45, 2.75) is 0 Å². The number of benzene rings is 2. The number of aromatic amines is 1. The summed E-state index contributed by atoms with van der Waals surface area (Å²) < 4.78 is 41.5. The molecule has 11 heteroatoms. The Hall–Kier alpha value is -2.78. The molecule has 27 heavy (non-hydrogen) atoms. The molecule has 0 saturated heterocycles. The zero-order valence-corrected chi connectivity index (χ0v) is 14.9. The molecule has 0 fully saturated rings. The fourth-order valence-electron chi connectivity index (χ4n) is 2.43. The third-order valence-corrected chi connectivity index (χ3v) is 4.04. The fourth-order valence-corrected chi connectivity index (χ4v) is 2.78. The van der Waals surface area contributed by atoms with E-state index in [-0.39, 0.29) is 38.4 Å². The summed E-state index contributed by atoms with van der Waals surface area (Å²) >= 11 is 11.5. The van der Waals surface area contributed by atoms with Crippen molar-refractivity contribution in [2.75, 3.05) is 12.0 Å². The number of aromatic nitrogens is 2. The zero-order chi connectivity index (χ0) is 19.7. The third-order valence-electron chi connectivity index (χ3n) is 3.57. The Balaban J connectivity index is 2.25. The molecule has 0 aliphatic carbocycles. The van der Waals surface area contributed by atoms with Crippen LogP contribution in [0.15, 0.2) is 29.4 Å². The normalized spacial score (nSPS) is 11.7. The second-order valence-electron chi connectivity index (χ2n) is 5.14. The fraction of sp³-hybridized carbons (Fsp3) is 0.0625. The predicted molar refractivity (Wildman–Crippen MR) is 94.5 cm³/mol. The first-order chi connectivity index (χ1) is 12.9. The van der Waals surface area contributed by atoms with Crippen molar-refractivity contribution in [1.29, 1.82) is 0 Å². The minimum atomic E-state index is -1.24. The van der Waals surface area contributed by atoms with Gasteiger partial charge in [0.05, 0.1) is 21.8 Å². The highest BCUT2D eigenvalue weighted by Crippen LogP contribution is 2.28. The quantitative estimate of drug-likeness (QED) is 0.299. The number of H-pyrrole nitrogens is 1. The summed E-state index contributed by atoms with van der Waals surface area (Å²) in [5.74, 6) is -3.41. The van der Waals surface area contributed by atoms with Crippen molar-refractivity contribution in [2.24, 2.45) is 5.16 Å². The van der Waals surface area contributed by atoms with E-state index in [0.717, 1.165) is 23.1 Å². The Morgan fingerprint density at radius 3 is 2.63 bits per heavy atom. The summed E-state index contributed by atoms with van der Waals surface area (Å²) in [7, 11) is 1.19. The van der Waals surface area contributed by atoms with Crippen molar-refractivity contribution >= 4 is 52.2 Å². The van der Waals surface area contributed by atoms with Gasteiger partial charge in [0.2, 0.25) is 11.7 Å². The molecule has 0 atom stereocenters. The van der Waals surface area contributed by atoms with E-state index in [1.165, 1.54) is 13.2 Å². The van der Waals surface area contributed by atoms with Gasteiger partial charge in [-0.1, -0.05) is 16.8 Å². The van der Waals surface area contributed by atoms with Gasteiger partial charge >= 0.3 is 0 Å². The molecule has 0 radical (unpaired) electrons. The van der Waals surface area contributed by atoms with Gasteiger partial charge in [-0.05, 0) is 35.9 Å². The van der Waals surface area contributed by atoms with Gasteiger partial charge < -0.3 is 9.82 Å². The lowest BCUT2D eigenvalue weighted by molar-refractivity contribution is -0.106. The van der Waals surface area contributed by atoms with Crippen LogP contribution in [0.1, 0.15) is 5.56 Å². The molecule has 3 rings (SSSR count). The molecule has 0 bridgehead atoms. The summed E-state index contributed by atoms with van der Waals surface area (Å²) in [6, 6.07) is 4.24. The number of rotatable bonds is 4. The lowest BCUT2D eigenvalue weighted by atomic mass is 10.1. The summed E-state index contributed by atoms with van der Waals surface area (Å²) in [6.07, 6.45) is 0.326. The molecule has 0 unspecified atom stereocenters. The average Bonchev–Trinajstić information content (AvgIpc) is 3.03. The maximum absolute atomic E-state index is 14.1. The van der Waals surface area contributed by atoms with Gasteiger partial charge in [-0.15, -0.1) is 0 Å². The van der Waals surface area contributed by atoms with Gasteiger partial charge in [-0.25, -0.2) is 18.2 Å². The maximum atomic E-state index is 14.1. The Bertz CT molecular complexity index is 1070. The molecule has 0 aliphatic heterocycles. The first-order valence-electron chi connectivity index (χ1n) is 7.21. The minimum absolute atomic E-state index is 0.0187. The van der Waals surface area contributed by atoms with Crippen LogP contribution < -0.4 is 4.90 Å². The number of oxime groups is 1. The Morgan fingerprint density at radius 1 is 1.26 bits per heavy atom. The maximum Gasteiger partial charge on any atom is 0.220 e. The molecule has 0 saturated carbocycles. The molecular weight excluding hydrogens is 408 g/mol. The van der Waals surface area contributed by atoms with E-state index in [0.29, 0.717) is 6.41 Å². The molecule has 1 amide bonds. The molecule has 3 aromatic rings. The van der Waals surface area contributed by atoms with Crippen LogP contribution in [0.25, 0.3) is 11.0 Å². The third kappa shape index (κ3) is 3.43. The van der Waals surface area contributed by atoms with E-state index < -0.39 is 17.5 Å². The number of anilines is 1. The number of amidine groups is 1. The Kier molecular flexibility index (Phi) is 5.24. The van der Waals surface area contributed by atoms with Crippen LogP contribution in [0.4, 0.5) is 18.9 Å². The number of fused-ring (bicyclic) bond motifs is 1. The molecule has 0 spiro atoms. The number of carbonyl (C=O) groups is 1. The molecule has 1 heterocycles. The summed E-state index contributed by atoms with van der Waals surface area (Å²) in [5, 5.41) is 3.27. The van der Waals surface area contributed by atoms with E-state index >= 15 is 0 Å². The second-order valence-corrected chi connectivity index (χ2v) is 5.91. The molecule has 2 aromatic carbocycles. The van der Waals surface area contributed by atoms with Crippen molar-refractivity contribution in [3.63, 3.8) is 0 Å². The van der Waals surface area contributed by atoms with Gasteiger partial charge in [-0.3, -0.25) is 9.69 Å². The van der Waals surface area contributed by atoms with Crippen LogP contribution in [0.2, 0.25) is 10.3 Å². The highest BCUT2D eigenvalue weighted by molar-refractivity contribution is 6.31. The summed E-state index contributed by atoms with van der Waals surface area (Å²) in [5.41, 5.74) is -0.370. The van der Waals surface area contributed by atoms with Crippen LogP contribution in [-0.4, -0.2) is 29.3 Å². The van der Waals surface area contributed by atoms with Crippen molar-refractivity contribution in [3.05, 3.63) is 57.6 Å². The lowest BCUT2D eigenvalue weighted by Gasteiger charge is -2.20. The van der Waals surface area contributed by atoms with Crippen LogP contribution in [0.5, 0.6) is 0 Å². The number of hydrogen-bond donors (Lipinski definition) is 1. The topological polar surface area (TPSA) is 70.6 Å². The predicted octanol–water partition coefficient (Wildman–Crippen LogP) is 4.26. The molecule has 1 N–H and O–H groups in total. The molecular formula is C16H9Cl2F3N4O2. The van der Waals surface area contributed by atoms with Crippen LogP contribution in [0.3, 0.4) is 0 Å². The first-order valence-corrected chi connectivity index (χ1v) is 7.97. The minimum Gasteiger partial charge on any atom is -0.397 e. The SMILES string of the molecule is CO/N=C(/c1cc(F)c(F)c2nc(Cl)[nH]c12)N(C=O)c1ccc(F)c(Cl)c1. The average molecular weight is 417 g/mol. The van der Waals surface area contributed by atoms with Crippen molar-refractivity contribution < 1.29 is 22.8 Å². The van der Waals surface area contributed by atoms with Crippen LogP contribution in [0, 0.1) is 17.5 Å². The number of imidazole rings is 1. The van der Waals surface area contributed by atoms with E-state index in [1.807, 2.05) is 0 Å². The number of amides is 1. The standard InChI is InChI=1S/C16H9Cl2F3N4O2/c1-27-24-15(25(6-26)7-2-3-10(19)9(17)4-7)8-5-11(20)12(21)14-13(8)22-16(18)23-14/h2-6H,1H3,(H,22,23)/b24-15-. The van der Waals surface area contributed by atoms with E-state index in [9.17, 15) is 18.0 Å². The van der Waals surface area contributed by atoms with E-state index in [2.05, 4.69) is 15.1 Å². The second kappa shape index (κ2) is 7.45. The van der Waals surface area contributed by atoms with Gasteiger partial charge in [-0.2, -0.15) is 0 Å². The van der Waals surface area contributed by atoms with Gasteiger partial charge in [0, 0.05) is 0 Å². The number of halogens is 5. The molecule has 1 aromatic heterocycles. The number of hydrogen-bond acceptors (Lipinski definition) is 4. The van der Waals surface area contributed by atoms with Crippen molar-refractivity contribution in [3.8, 4) is 0 Å². The van der Waals surface area contributed by atoms with Gasteiger partial charge in [0.15, 0.2) is 17.5 Å².